The fourth-order valence-electron chi connectivity index (χ4n) is 3.55. The van der Waals surface area contributed by atoms with E-state index in [2.05, 4.69) is 111 Å². The summed E-state index contributed by atoms with van der Waals surface area (Å²) in [5.74, 6) is 0. The normalized spacial score (nSPS) is 12.0. The quantitative estimate of drug-likeness (QED) is 0.391. The van der Waals surface area contributed by atoms with Crippen molar-refractivity contribution in [2.24, 2.45) is 0 Å². The van der Waals surface area contributed by atoms with Crippen LogP contribution in [0.5, 0.6) is 0 Å². The van der Waals surface area contributed by atoms with E-state index in [4.69, 9.17) is 0 Å². The van der Waals surface area contributed by atoms with Crippen molar-refractivity contribution in [2.75, 3.05) is 0 Å². The van der Waals surface area contributed by atoms with Gasteiger partial charge in [0.1, 0.15) is 0 Å². The van der Waals surface area contributed by atoms with Crippen LogP contribution >= 0.6 is 0 Å². The molecule has 0 unspecified atom stereocenters. The average Bonchev–Trinajstić information content (AvgIpc) is 2.65. The van der Waals surface area contributed by atoms with Gasteiger partial charge >= 0.3 is 0 Å². The topological polar surface area (TPSA) is 0 Å². The number of benzene rings is 3. The van der Waals surface area contributed by atoms with Crippen molar-refractivity contribution in [1.82, 2.24) is 0 Å². The molecule has 0 nitrogen and oxygen atoms in total. The molecule has 0 spiro atoms. The molecule has 0 heteroatoms. The largest absolute Gasteiger partial charge is 0.0991 e. The number of rotatable bonds is 5. The van der Waals surface area contributed by atoms with Crippen LogP contribution in [-0.2, 0) is 5.41 Å². The van der Waals surface area contributed by atoms with Crippen LogP contribution in [0.3, 0.4) is 0 Å². The van der Waals surface area contributed by atoms with Gasteiger partial charge in [0, 0.05) is 0 Å². The highest BCUT2D eigenvalue weighted by Crippen LogP contribution is 2.44. The molecule has 3 aromatic rings. The summed E-state index contributed by atoms with van der Waals surface area (Å²) >= 11 is 0. The lowest BCUT2D eigenvalue weighted by atomic mass is 9.65. The molecule has 0 aromatic heterocycles. The molecule has 0 radical (unpaired) electrons. The Morgan fingerprint density at radius 1 is 0.667 bits per heavy atom. The molecule has 0 heterocycles. The summed E-state index contributed by atoms with van der Waals surface area (Å²) in [5, 5.41) is 0. The van der Waals surface area contributed by atoms with Crippen LogP contribution in [0.2, 0.25) is 0 Å². The third-order valence-corrected chi connectivity index (χ3v) is 4.58. The maximum absolute atomic E-state index is 3.92. The van der Waals surface area contributed by atoms with Crippen molar-refractivity contribution in [3.63, 3.8) is 0 Å². The van der Waals surface area contributed by atoms with E-state index in [-0.39, 0.29) is 5.41 Å². The monoisotopic (exact) mass is 310 g/mol. The Morgan fingerprint density at radius 2 is 1.00 bits per heavy atom. The van der Waals surface area contributed by atoms with Crippen LogP contribution in [0, 0.1) is 0 Å². The molecule has 118 valence electrons. The second kappa shape index (κ2) is 7.14. The minimum Gasteiger partial charge on any atom is -0.0991 e. The zero-order valence-corrected chi connectivity index (χ0v) is 14.0. The van der Waals surface area contributed by atoms with E-state index in [1.165, 1.54) is 22.3 Å². The molecule has 0 atom stereocenters. The Hall–Kier alpha value is -2.86. The lowest BCUT2D eigenvalue weighted by Crippen LogP contribution is -2.30. The van der Waals surface area contributed by atoms with Gasteiger partial charge in [0.2, 0.25) is 0 Å². The smallest absolute Gasteiger partial charge is 0.0661 e. The molecule has 0 bridgehead atoms. The SMILES string of the molecule is C=C/C=C(\C)C(c1ccccc1)(c1ccccc1)c1ccccc1. The van der Waals surface area contributed by atoms with Gasteiger partial charge in [0.25, 0.3) is 0 Å². The van der Waals surface area contributed by atoms with Crippen LogP contribution in [0.25, 0.3) is 0 Å². The lowest BCUT2D eigenvalue weighted by molar-refractivity contribution is 0.725. The molecule has 0 amide bonds. The molecule has 3 aromatic carbocycles. The van der Waals surface area contributed by atoms with Crippen molar-refractivity contribution in [3.05, 3.63) is 132 Å². The first-order valence-electron chi connectivity index (χ1n) is 8.26. The highest BCUT2D eigenvalue weighted by Gasteiger charge is 2.37. The molecule has 0 aliphatic heterocycles. The summed E-state index contributed by atoms with van der Waals surface area (Å²) in [7, 11) is 0. The van der Waals surface area contributed by atoms with Crippen molar-refractivity contribution in [3.8, 4) is 0 Å². The Kier molecular flexibility index (Phi) is 4.77. The van der Waals surface area contributed by atoms with Gasteiger partial charge in [0.15, 0.2) is 0 Å². The van der Waals surface area contributed by atoms with Crippen molar-refractivity contribution in [1.29, 1.82) is 0 Å². The van der Waals surface area contributed by atoms with E-state index in [0.29, 0.717) is 0 Å². The maximum atomic E-state index is 3.92. The summed E-state index contributed by atoms with van der Waals surface area (Å²) in [6.45, 7) is 6.11. The van der Waals surface area contributed by atoms with Crippen LogP contribution in [0.4, 0.5) is 0 Å². The van der Waals surface area contributed by atoms with Crippen LogP contribution in [0.1, 0.15) is 23.6 Å². The molecular weight excluding hydrogens is 288 g/mol. The molecule has 0 fully saturated rings. The van der Waals surface area contributed by atoms with E-state index in [0.717, 1.165) is 0 Å². The standard InChI is InChI=1S/C24H22/c1-3-13-20(2)24(21-14-7-4-8-15-21,22-16-9-5-10-17-22)23-18-11-6-12-19-23/h3-19H,1H2,2H3/b20-13+. The van der Waals surface area contributed by atoms with Gasteiger partial charge in [-0.15, -0.1) is 0 Å². The minimum absolute atomic E-state index is 0.321. The zero-order chi connectivity index (χ0) is 16.8. The predicted octanol–water partition coefficient (Wildman–Crippen LogP) is 6.15. The molecule has 24 heavy (non-hydrogen) atoms. The maximum Gasteiger partial charge on any atom is 0.0661 e. The van der Waals surface area contributed by atoms with Gasteiger partial charge in [-0.25, -0.2) is 0 Å². The van der Waals surface area contributed by atoms with Gasteiger partial charge in [-0.1, -0.05) is 115 Å². The number of allylic oxidation sites excluding steroid dienone is 3. The molecule has 0 saturated heterocycles. The summed E-state index contributed by atoms with van der Waals surface area (Å²) in [5.41, 5.74) is 4.72. The average molecular weight is 310 g/mol. The van der Waals surface area contributed by atoms with Crippen molar-refractivity contribution in [2.45, 2.75) is 12.3 Å². The first-order chi connectivity index (χ1) is 11.8. The third kappa shape index (κ3) is 2.72. The van der Waals surface area contributed by atoms with E-state index in [9.17, 15) is 0 Å². The second-order valence-electron chi connectivity index (χ2n) is 5.93. The lowest BCUT2D eigenvalue weighted by Gasteiger charge is -2.37. The fraction of sp³-hybridized carbons (Fsp3) is 0.0833. The predicted molar refractivity (Wildman–Crippen MR) is 103 cm³/mol. The first kappa shape index (κ1) is 16.0. The Balaban J connectivity index is 2.42. The van der Waals surface area contributed by atoms with Crippen LogP contribution < -0.4 is 0 Å². The number of hydrogen-bond acceptors (Lipinski definition) is 0. The Morgan fingerprint density at radius 3 is 1.29 bits per heavy atom. The second-order valence-corrected chi connectivity index (χ2v) is 5.93. The Bertz CT molecular complexity index is 715. The number of hydrogen-bond donors (Lipinski definition) is 0. The van der Waals surface area contributed by atoms with Crippen LogP contribution in [-0.4, -0.2) is 0 Å². The summed E-state index contributed by atoms with van der Waals surface area (Å²) in [6, 6.07) is 32.1. The van der Waals surface area contributed by atoms with Gasteiger partial charge in [-0.2, -0.15) is 0 Å². The summed E-state index contributed by atoms with van der Waals surface area (Å²) in [4.78, 5) is 0. The van der Waals surface area contributed by atoms with Crippen molar-refractivity contribution < 1.29 is 0 Å². The zero-order valence-electron chi connectivity index (χ0n) is 14.0. The summed E-state index contributed by atoms with van der Waals surface area (Å²) in [6.07, 6.45) is 3.99. The third-order valence-electron chi connectivity index (χ3n) is 4.58. The van der Waals surface area contributed by atoms with Gasteiger partial charge < -0.3 is 0 Å². The van der Waals surface area contributed by atoms with Gasteiger partial charge in [0.05, 0.1) is 5.41 Å². The molecule has 3 rings (SSSR count). The summed E-state index contributed by atoms with van der Waals surface area (Å²) < 4.78 is 0. The van der Waals surface area contributed by atoms with E-state index < -0.39 is 0 Å². The van der Waals surface area contributed by atoms with Crippen LogP contribution in [0.15, 0.2) is 115 Å². The molecule has 0 saturated carbocycles. The highest BCUT2D eigenvalue weighted by molar-refractivity contribution is 5.58. The van der Waals surface area contributed by atoms with Gasteiger partial charge in [-0.05, 0) is 23.6 Å². The molecule has 0 N–H and O–H groups in total. The molecule has 0 aliphatic carbocycles. The van der Waals surface area contributed by atoms with E-state index in [1.807, 2.05) is 6.08 Å². The van der Waals surface area contributed by atoms with Gasteiger partial charge in [-0.3, -0.25) is 0 Å². The molecular formula is C24H22. The fourth-order valence-corrected chi connectivity index (χ4v) is 3.55. The Labute approximate surface area is 144 Å². The first-order valence-corrected chi connectivity index (χ1v) is 8.26. The van der Waals surface area contributed by atoms with E-state index in [1.54, 1.807) is 0 Å². The van der Waals surface area contributed by atoms with E-state index >= 15 is 0 Å². The highest BCUT2D eigenvalue weighted by atomic mass is 14.4. The molecule has 0 aliphatic rings. The van der Waals surface area contributed by atoms with Crippen molar-refractivity contribution >= 4 is 0 Å². The minimum atomic E-state index is -0.321.